The van der Waals surface area contributed by atoms with Crippen LogP contribution in [0.15, 0.2) is 24.3 Å². The quantitative estimate of drug-likeness (QED) is 0.660. The van der Waals surface area contributed by atoms with Gasteiger partial charge in [-0.15, -0.1) is 0 Å². The minimum atomic E-state index is -1.52. The zero-order valence-corrected chi connectivity index (χ0v) is 11.7. The first kappa shape index (κ1) is 14.7. The van der Waals surface area contributed by atoms with E-state index in [0.29, 0.717) is 17.9 Å². The van der Waals surface area contributed by atoms with Gasteiger partial charge in [-0.1, -0.05) is 12.2 Å². The van der Waals surface area contributed by atoms with Crippen LogP contribution < -0.4 is 0 Å². The largest absolute Gasteiger partial charge is 0.377 e. The Kier molecular flexibility index (Phi) is 5.56. The molecule has 2 unspecified atom stereocenters. The van der Waals surface area contributed by atoms with E-state index in [1.165, 1.54) is 6.42 Å². The molecule has 0 bridgehead atoms. The molecule has 2 aliphatic rings. The number of rotatable bonds is 3. The highest BCUT2D eigenvalue weighted by molar-refractivity contribution is 4.93. The maximum atomic E-state index is 12.2. The van der Waals surface area contributed by atoms with Gasteiger partial charge in [-0.2, -0.15) is 8.78 Å². The Morgan fingerprint density at radius 2 is 1.68 bits per heavy atom. The number of hydrogen-bond acceptors (Lipinski definition) is 1. The van der Waals surface area contributed by atoms with Gasteiger partial charge < -0.3 is 4.74 Å². The van der Waals surface area contributed by atoms with E-state index in [1.807, 2.05) is 6.92 Å². The molecule has 19 heavy (non-hydrogen) atoms. The van der Waals surface area contributed by atoms with Gasteiger partial charge in [0.2, 0.25) is 0 Å². The van der Waals surface area contributed by atoms with Gasteiger partial charge in [0, 0.05) is 5.92 Å². The van der Waals surface area contributed by atoms with E-state index in [2.05, 4.69) is 12.2 Å². The molecule has 0 aromatic carbocycles. The second kappa shape index (κ2) is 7.18. The van der Waals surface area contributed by atoms with E-state index in [1.54, 1.807) is 0 Å². The van der Waals surface area contributed by atoms with Crippen LogP contribution >= 0.6 is 0 Å². The third-order valence-corrected chi connectivity index (χ3v) is 4.51. The Bertz CT molecular complexity index is 318. The van der Waals surface area contributed by atoms with Crippen LogP contribution in [0.5, 0.6) is 0 Å². The van der Waals surface area contributed by atoms with Gasteiger partial charge in [-0.3, -0.25) is 0 Å². The van der Waals surface area contributed by atoms with Crippen molar-refractivity contribution in [3.05, 3.63) is 24.3 Å². The van der Waals surface area contributed by atoms with E-state index >= 15 is 0 Å². The molecular weight excluding hydrogens is 246 g/mol. The van der Waals surface area contributed by atoms with Gasteiger partial charge in [0.25, 0.3) is 6.08 Å². The van der Waals surface area contributed by atoms with Crippen LogP contribution in [0.3, 0.4) is 0 Å². The molecule has 0 N–H and O–H groups in total. The molecule has 108 valence electrons. The maximum Gasteiger partial charge on any atom is 0.266 e. The van der Waals surface area contributed by atoms with Crippen LogP contribution in [0.1, 0.15) is 45.4 Å². The van der Waals surface area contributed by atoms with Crippen molar-refractivity contribution in [1.82, 2.24) is 0 Å². The molecule has 2 rings (SSSR count). The number of halogens is 2. The van der Waals surface area contributed by atoms with E-state index < -0.39 is 6.08 Å². The molecule has 0 radical (unpaired) electrons. The monoisotopic (exact) mass is 270 g/mol. The molecule has 1 aliphatic carbocycles. The van der Waals surface area contributed by atoms with E-state index in [9.17, 15) is 8.78 Å². The fourth-order valence-electron chi connectivity index (χ4n) is 3.45. The zero-order valence-electron chi connectivity index (χ0n) is 11.7. The minimum absolute atomic E-state index is 0.0839. The summed E-state index contributed by atoms with van der Waals surface area (Å²) in [5.74, 6) is 1.24. The van der Waals surface area contributed by atoms with Crippen LogP contribution in [0.25, 0.3) is 0 Å². The van der Waals surface area contributed by atoms with Crippen molar-refractivity contribution < 1.29 is 13.5 Å². The van der Waals surface area contributed by atoms with Crippen molar-refractivity contribution in [1.29, 1.82) is 0 Å². The third kappa shape index (κ3) is 4.41. The van der Waals surface area contributed by atoms with E-state index in [0.717, 1.165) is 44.8 Å². The SMILES string of the molecule is CC=CC1CCC(C2CCC(C=C(F)F)CC2)OC1. The molecule has 0 aromatic rings. The van der Waals surface area contributed by atoms with Crippen LogP contribution in [-0.4, -0.2) is 12.7 Å². The van der Waals surface area contributed by atoms with Crippen LogP contribution in [0.4, 0.5) is 8.78 Å². The average molecular weight is 270 g/mol. The highest BCUT2D eigenvalue weighted by Crippen LogP contribution is 2.36. The topological polar surface area (TPSA) is 9.23 Å². The molecule has 2 atom stereocenters. The highest BCUT2D eigenvalue weighted by Gasteiger charge is 2.30. The highest BCUT2D eigenvalue weighted by atomic mass is 19.3. The summed E-state index contributed by atoms with van der Waals surface area (Å²) in [7, 11) is 0. The lowest BCUT2D eigenvalue weighted by atomic mass is 9.77. The summed E-state index contributed by atoms with van der Waals surface area (Å²) in [6.07, 6.45) is 10.5. The summed E-state index contributed by atoms with van der Waals surface area (Å²) in [4.78, 5) is 0. The number of ether oxygens (including phenoxy) is 1. The van der Waals surface area contributed by atoms with Crippen molar-refractivity contribution in [3.8, 4) is 0 Å². The molecule has 3 heteroatoms. The molecule has 1 saturated carbocycles. The van der Waals surface area contributed by atoms with Gasteiger partial charge in [0.15, 0.2) is 0 Å². The molecule has 0 spiro atoms. The normalized spacial score (nSPS) is 36.4. The van der Waals surface area contributed by atoms with Gasteiger partial charge in [-0.25, -0.2) is 0 Å². The second-order valence-corrected chi connectivity index (χ2v) is 5.87. The standard InChI is InChI=1S/C16H24F2O/c1-2-3-13-6-9-15(19-11-13)14-7-4-12(5-8-14)10-16(17)18/h2-3,10,12-15H,4-9,11H2,1H3. The van der Waals surface area contributed by atoms with Crippen LogP contribution in [0, 0.1) is 17.8 Å². The summed E-state index contributed by atoms with van der Waals surface area (Å²) in [6.45, 7) is 2.87. The molecule has 1 heterocycles. The third-order valence-electron chi connectivity index (χ3n) is 4.51. The van der Waals surface area contributed by atoms with Gasteiger partial charge >= 0.3 is 0 Å². The first-order valence-electron chi connectivity index (χ1n) is 7.46. The summed E-state index contributed by atoms with van der Waals surface area (Å²) < 4.78 is 30.4. The molecule has 0 amide bonds. The Morgan fingerprint density at radius 3 is 2.21 bits per heavy atom. The lowest BCUT2D eigenvalue weighted by Gasteiger charge is -2.36. The predicted molar refractivity (Wildman–Crippen MR) is 73.0 cm³/mol. The fourth-order valence-corrected chi connectivity index (χ4v) is 3.45. The number of allylic oxidation sites excluding steroid dienone is 2. The Hall–Kier alpha value is -0.700. The summed E-state index contributed by atoms with van der Waals surface area (Å²) in [6, 6.07) is 0. The average Bonchev–Trinajstić information content (AvgIpc) is 2.40. The fraction of sp³-hybridized carbons (Fsp3) is 0.750. The Labute approximate surface area is 114 Å². The van der Waals surface area contributed by atoms with Crippen molar-refractivity contribution >= 4 is 0 Å². The lowest BCUT2D eigenvalue weighted by Crippen LogP contribution is -2.33. The smallest absolute Gasteiger partial charge is 0.266 e. The maximum absolute atomic E-state index is 12.2. The molecule has 2 fully saturated rings. The van der Waals surface area contributed by atoms with Crippen molar-refractivity contribution in [2.75, 3.05) is 6.61 Å². The minimum Gasteiger partial charge on any atom is -0.377 e. The summed E-state index contributed by atoms with van der Waals surface area (Å²) in [5.41, 5.74) is 0. The summed E-state index contributed by atoms with van der Waals surface area (Å²) in [5, 5.41) is 0. The molecule has 1 saturated heterocycles. The van der Waals surface area contributed by atoms with Crippen molar-refractivity contribution in [3.63, 3.8) is 0 Å². The van der Waals surface area contributed by atoms with Crippen LogP contribution in [-0.2, 0) is 4.74 Å². The van der Waals surface area contributed by atoms with Crippen LogP contribution in [0.2, 0.25) is 0 Å². The lowest BCUT2D eigenvalue weighted by molar-refractivity contribution is -0.0479. The van der Waals surface area contributed by atoms with E-state index in [4.69, 9.17) is 4.74 Å². The van der Waals surface area contributed by atoms with Gasteiger partial charge in [-0.05, 0) is 63.4 Å². The molecule has 0 aromatic heterocycles. The second-order valence-electron chi connectivity index (χ2n) is 5.87. The number of hydrogen-bond donors (Lipinski definition) is 0. The van der Waals surface area contributed by atoms with Crippen molar-refractivity contribution in [2.24, 2.45) is 17.8 Å². The zero-order chi connectivity index (χ0) is 13.7. The van der Waals surface area contributed by atoms with Gasteiger partial charge in [0.05, 0.1) is 12.7 Å². The van der Waals surface area contributed by atoms with Gasteiger partial charge in [0.1, 0.15) is 0 Å². The predicted octanol–water partition coefficient (Wildman–Crippen LogP) is 4.94. The Balaban J connectivity index is 1.75. The molecule has 1 aliphatic heterocycles. The summed E-state index contributed by atoms with van der Waals surface area (Å²) >= 11 is 0. The first-order valence-corrected chi connectivity index (χ1v) is 7.46. The first-order chi connectivity index (χ1) is 9.19. The van der Waals surface area contributed by atoms with E-state index in [-0.39, 0.29) is 5.92 Å². The molecular formula is C16H24F2O. The Morgan fingerprint density at radius 1 is 1.00 bits per heavy atom. The van der Waals surface area contributed by atoms with Crippen molar-refractivity contribution in [2.45, 2.75) is 51.6 Å². The molecule has 1 nitrogen and oxygen atoms in total.